The van der Waals surface area contributed by atoms with Gasteiger partial charge < -0.3 is 14.8 Å². The number of carbonyl (C=O) groups is 2. The Morgan fingerprint density at radius 3 is 2.57 bits per heavy atom. The Labute approximate surface area is 133 Å². The first kappa shape index (κ1) is 14.9. The van der Waals surface area contributed by atoms with Crippen LogP contribution in [-0.2, 0) is 16.1 Å². The van der Waals surface area contributed by atoms with Crippen molar-refractivity contribution in [2.24, 2.45) is 0 Å². The van der Waals surface area contributed by atoms with Crippen molar-refractivity contribution in [2.45, 2.75) is 12.7 Å². The minimum Gasteiger partial charge on any atom is -0.444 e. The lowest BCUT2D eigenvalue weighted by Gasteiger charge is -2.10. The molecular formula is C17H16N2O4. The predicted molar refractivity (Wildman–Crippen MR) is 83.9 cm³/mol. The molecule has 2 aromatic rings. The van der Waals surface area contributed by atoms with Gasteiger partial charge in [0.1, 0.15) is 12.7 Å². The molecule has 1 fully saturated rings. The van der Waals surface area contributed by atoms with Gasteiger partial charge in [0.25, 0.3) is 0 Å². The molecule has 0 saturated carbocycles. The highest BCUT2D eigenvalue weighted by molar-refractivity contribution is 5.84. The van der Waals surface area contributed by atoms with Crippen LogP contribution in [0.2, 0.25) is 0 Å². The number of nitrogens with one attached hydrogen (secondary N) is 2. The Bertz CT molecular complexity index is 685. The van der Waals surface area contributed by atoms with Gasteiger partial charge in [-0.2, -0.15) is 0 Å². The van der Waals surface area contributed by atoms with E-state index in [2.05, 4.69) is 10.6 Å². The Morgan fingerprint density at radius 2 is 1.91 bits per heavy atom. The first-order valence-corrected chi connectivity index (χ1v) is 7.23. The molecule has 6 heteroatoms. The maximum Gasteiger partial charge on any atom is 0.411 e. The largest absolute Gasteiger partial charge is 0.444 e. The maximum absolute atomic E-state index is 11.8. The van der Waals surface area contributed by atoms with Gasteiger partial charge >= 0.3 is 12.2 Å². The second-order valence-electron chi connectivity index (χ2n) is 5.08. The van der Waals surface area contributed by atoms with Crippen molar-refractivity contribution in [2.75, 3.05) is 11.9 Å². The zero-order chi connectivity index (χ0) is 16.1. The molecule has 23 heavy (non-hydrogen) atoms. The van der Waals surface area contributed by atoms with E-state index in [4.69, 9.17) is 9.47 Å². The molecule has 1 heterocycles. The van der Waals surface area contributed by atoms with Gasteiger partial charge in [0.15, 0.2) is 0 Å². The second kappa shape index (κ2) is 6.83. The van der Waals surface area contributed by atoms with Gasteiger partial charge in [-0.1, -0.05) is 42.5 Å². The van der Waals surface area contributed by atoms with E-state index in [0.29, 0.717) is 12.2 Å². The average molecular weight is 312 g/mol. The van der Waals surface area contributed by atoms with E-state index in [0.717, 1.165) is 11.1 Å². The molecule has 0 aliphatic carbocycles. The molecule has 1 saturated heterocycles. The predicted octanol–water partition coefficient (Wildman–Crippen LogP) is 3.22. The van der Waals surface area contributed by atoms with Gasteiger partial charge in [-0.15, -0.1) is 0 Å². The quantitative estimate of drug-likeness (QED) is 0.909. The highest BCUT2D eigenvalue weighted by atomic mass is 16.6. The molecule has 2 N–H and O–H groups in total. The lowest BCUT2D eigenvalue weighted by molar-refractivity contribution is 0.141. The highest BCUT2D eigenvalue weighted by Crippen LogP contribution is 2.22. The zero-order valence-corrected chi connectivity index (χ0v) is 12.3. The summed E-state index contributed by atoms with van der Waals surface area (Å²) in [6, 6.07) is 16.5. The number of ether oxygens (including phenoxy) is 2. The molecule has 1 unspecified atom stereocenters. The first-order valence-electron chi connectivity index (χ1n) is 7.23. The van der Waals surface area contributed by atoms with Crippen LogP contribution in [0.1, 0.15) is 17.2 Å². The van der Waals surface area contributed by atoms with Crippen molar-refractivity contribution < 1.29 is 19.1 Å². The standard InChI is InChI=1S/C17H16N2O4/c20-16-18-10-15(23-16)13-6-8-14(9-7-13)19-17(21)22-11-12-4-2-1-3-5-12/h1-9,15H,10-11H2,(H,18,20)(H,19,21). The topological polar surface area (TPSA) is 76.7 Å². The number of carbonyl (C=O) groups excluding carboxylic acids is 2. The molecule has 1 atom stereocenters. The SMILES string of the molecule is O=C(Nc1ccc(C2CNC(=O)O2)cc1)OCc1ccccc1. The zero-order valence-electron chi connectivity index (χ0n) is 12.3. The summed E-state index contributed by atoms with van der Waals surface area (Å²) >= 11 is 0. The molecule has 2 aromatic carbocycles. The third-order valence-electron chi connectivity index (χ3n) is 3.42. The minimum absolute atomic E-state index is 0.217. The van der Waals surface area contributed by atoms with E-state index < -0.39 is 12.2 Å². The summed E-state index contributed by atoms with van der Waals surface area (Å²) in [6.07, 6.45) is -1.22. The fourth-order valence-corrected chi connectivity index (χ4v) is 2.23. The van der Waals surface area contributed by atoms with Crippen LogP contribution in [0.25, 0.3) is 0 Å². The van der Waals surface area contributed by atoms with E-state index in [-0.39, 0.29) is 12.7 Å². The number of amides is 2. The van der Waals surface area contributed by atoms with Crippen molar-refractivity contribution in [3.63, 3.8) is 0 Å². The van der Waals surface area contributed by atoms with Gasteiger partial charge in [0.2, 0.25) is 0 Å². The summed E-state index contributed by atoms with van der Waals surface area (Å²) in [5.74, 6) is 0. The van der Waals surface area contributed by atoms with Gasteiger partial charge in [-0.3, -0.25) is 5.32 Å². The fourth-order valence-electron chi connectivity index (χ4n) is 2.23. The highest BCUT2D eigenvalue weighted by Gasteiger charge is 2.23. The van der Waals surface area contributed by atoms with Crippen molar-refractivity contribution in [3.8, 4) is 0 Å². The normalized spacial score (nSPS) is 16.3. The third-order valence-corrected chi connectivity index (χ3v) is 3.42. The van der Waals surface area contributed by atoms with Crippen molar-refractivity contribution in [1.82, 2.24) is 5.32 Å². The smallest absolute Gasteiger partial charge is 0.411 e. The molecule has 0 bridgehead atoms. The average Bonchev–Trinajstić information content (AvgIpc) is 3.01. The molecule has 0 spiro atoms. The van der Waals surface area contributed by atoms with Crippen molar-refractivity contribution in [1.29, 1.82) is 0 Å². The molecule has 0 aromatic heterocycles. The Kier molecular flexibility index (Phi) is 4.42. The maximum atomic E-state index is 11.8. The van der Waals surface area contributed by atoms with Crippen LogP contribution < -0.4 is 10.6 Å². The molecular weight excluding hydrogens is 296 g/mol. The van der Waals surface area contributed by atoms with Gasteiger partial charge in [0.05, 0.1) is 6.54 Å². The van der Waals surface area contributed by atoms with Gasteiger partial charge in [-0.25, -0.2) is 9.59 Å². The molecule has 1 aliphatic heterocycles. The number of cyclic esters (lactones) is 1. The Morgan fingerprint density at radius 1 is 1.17 bits per heavy atom. The van der Waals surface area contributed by atoms with E-state index in [9.17, 15) is 9.59 Å². The summed E-state index contributed by atoms with van der Waals surface area (Å²) in [4.78, 5) is 22.8. The van der Waals surface area contributed by atoms with E-state index in [1.807, 2.05) is 30.3 Å². The summed E-state index contributed by atoms with van der Waals surface area (Å²) in [5, 5.41) is 5.25. The Hall–Kier alpha value is -3.02. The van der Waals surface area contributed by atoms with Crippen LogP contribution in [0.4, 0.5) is 15.3 Å². The van der Waals surface area contributed by atoms with E-state index in [1.54, 1.807) is 24.3 Å². The Balaban J connectivity index is 1.51. The minimum atomic E-state index is -0.518. The van der Waals surface area contributed by atoms with Crippen molar-refractivity contribution in [3.05, 3.63) is 65.7 Å². The molecule has 1 aliphatic rings. The second-order valence-corrected chi connectivity index (χ2v) is 5.08. The number of rotatable bonds is 4. The number of benzene rings is 2. The van der Waals surface area contributed by atoms with E-state index in [1.165, 1.54) is 0 Å². The van der Waals surface area contributed by atoms with Crippen LogP contribution in [0.15, 0.2) is 54.6 Å². The number of alkyl carbamates (subject to hydrolysis) is 1. The lowest BCUT2D eigenvalue weighted by atomic mass is 10.1. The van der Waals surface area contributed by atoms with Crippen molar-refractivity contribution >= 4 is 17.9 Å². The van der Waals surface area contributed by atoms with Crippen LogP contribution in [-0.4, -0.2) is 18.7 Å². The van der Waals surface area contributed by atoms with Crippen LogP contribution in [0, 0.1) is 0 Å². The van der Waals surface area contributed by atoms with E-state index >= 15 is 0 Å². The lowest BCUT2D eigenvalue weighted by Crippen LogP contribution is -2.13. The molecule has 3 rings (SSSR count). The fraction of sp³-hybridized carbons (Fsp3) is 0.176. The summed E-state index contributed by atoms with van der Waals surface area (Å²) in [5.41, 5.74) is 2.41. The number of hydrogen-bond donors (Lipinski definition) is 2. The molecule has 2 amide bonds. The summed E-state index contributed by atoms with van der Waals surface area (Å²) < 4.78 is 10.2. The van der Waals surface area contributed by atoms with Crippen LogP contribution in [0.5, 0.6) is 0 Å². The monoisotopic (exact) mass is 312 g/mol. The van der Waals surface area contributed by atoms with Gasteiger partial charge in [0, 0.05) is 5.69 Å². The van der Waals surface area contributed by atoms with Gasteiger partial charge in [-0.05, 0) is 23.3 Å². The summed E-state index contributed by atoms with van der Waals surface area (Å²) in [7, 11) is 0. The number of anilines is 1. The summed E-state index contributed by atoms with van der Waals surface area (Å²) in [6.45, 7) is 0.666. The van der Waals surface area contributed by atoms with Crippen LogP contribution in [0.3, 0.4) is 0 Å². The first-order chi connectivity index (χ1) is 11.2. The number of hydrogen-bond acceptors (Lipinski definition) is 4. The molecule has 6 nitrogen and oxygen atoms in total. The third kappa shape index (κ3) is 4.00. The molecule has 0 radical (unpaired) electrons. The van der Waals surface area contributed by atoms with Crippen LogP contribution >= 0.6 is 0 Å². The molecule has 118 valence electrons.